The van der Waals surface area contributed by atoms with Crippen LogP contribution in [0.5, 0.6) is 0 Å². The van der Waals surface area contributed by atoms with E-state index in [9.17, 15) is 8.42 Å². The summed E-state index contributed by atoms with van der Waals surface area (Å²) in [5.74, 6) is 0.446. The van der Waals surface area contributed by atoms with Crippen LogP contribution in [0.2, 0.25) is 0 Å². The Kier molecular flexibility index (Phi) is 2.80. The molecule has 1 heterocycles. The maximum absolute atomic E-state index is 11.3. The highest BCUT2D eigenvalue weighted by Crippen LogP contribution is 2.28. The molecule has 2 N–H and O–H groups in total. The molecule has 0 spiro atoms. The normalized spacial score (nSPS) is 19.7. The van der Waals surface area contributed by atoms with Gasteiger partial charge in [-0.1, -0.05) is 12.1 Å². The third kappa shape index (κ3) is 2.14. The van der Waals surface area contributed by atoms with Gasteiger partial charge in [0.15, 0.2) is 9.84 Å². The molecule has 1 aliphatic rings. The van der Waals surface area contributed by atoms with E-state index in [4.69, 9.17) is 5.73 Å². The second-order valence-electron chi connectivity index (χ2n) is 4.15. The van der Waals surface area contributed by atoms with Crippen molar-refractivity contribution in [2.75, 3.05) is 35.2 Å². The first-order valence-corrected chi connectivity index (χ1v) is 7.12. The van der Waals surface area contributed by atoms with E-state index in [1.54, 1.807) is 0 Å². The second kappa shape index (κ2) is 3.97. The van der Waals surface area contributed by atoms with Crippen LogP contribution in [0.25, 0.3) is 0 Å². The largest absolute Gasteiger partial charge is 0.397 e. The number of nitrogens with zero attached hydrogens (tertiary/aromatic N) is 1. The van der Waals surface area contributed by atoms with E-state index in [1.807, 2.05) is 25.1 Å². The van der Waals surface area contributed by atoms with Crippen molar-refractivity contribution in [1.82, 2.24) is 0 Å². The highest BCUT2D eigenvalue weighted by Gasteiger charge is 2.23. The molecule has 0 unspecified atom stereocenters. The number of para-hydroxylation sites is 1. The van der Waals surface area contributed by atoms with E-state index in [2.05, 4.69) is 4.90 Å². The Morgan fingerprint density at radius 3 is 2.44 bits per heavy atom. The van der Waals surface area contributed by atoms with Gasteiger partial charge in [-0.25, -0.2) is 8.42 Å². The molecule has 1 fully saturated rings. The van der Waals surface area contributed by atoms with Crippen molar-refractivity contribution in [2.45, 2.75) is 6.92 Å². The SMILES string of the molecule is Cc1cccc(N)c1N1CCS(=O)(=O)CC1. The van der Waals surface area contributed by atoms with Crippen LogP contribution < -0.4 is 10.6 Å². The van der Waals surface area contributed by atoms with Gasteiger partial charge in [0.25, 0.3) is 0 Å². The molecule has 0 atom stereocenters. The highest BCUT2D eigenvalue weighted by atomic mass is 32.2. The Hall–Kier alpha value is -1.23. The summed E-state index contributed by atoms with van der Waals surface area (Å²) in [6.45, 7) is 3.07. The molecule has 88 valence electrons. The predicted octanol–water partition coefficient (Wildman–Crippen LogP) is 0.812. The first-order chi connectivity index (χ1) is 7.49. The maximum Gasteiger partial charge on any atom is 0.153 e. The van der Waals surface area contributed by atoms with Gasteiger partial charge in [0.2, 0.25) is 0 Å². The van der Waals surface area contributed by atoms with Gasteiger partial charge < -0.3 is 10.6 Å². The van der Waals surface area contributed by atoms with Crippen LogP contribution in [0, 0.1) is 6.92 Å². The number of sulfone groups is 1. The minimum Gasteiger partial charge on any atom is -0.397 e. The number of anilines is 2. The lowest BCUT2D eigenvalue weighted by Gasteiger charge is -2.31. The molecule has 16 heavy (non-hydrogen) atoms. The average molecular weight is 240 g/mol. The molecule has 4 nitrogen and oxygen atoms in total. The fourth-order valence-electron chi connectivity index (χ4n) is 2.05. The standard InChI is InChI=1S/C11H16N2O2S/c1-9-3-2-4-10(12)11(9)13-5-7-16(14,15)8-6-13/h2-4H,5-8,12H2,1H3. The number of hydrogen-bond acceptors (Lipinski definition) is 4. The Balaban J connectivity index is 2.27. The lowest BCUT2D eigenvalue weighted by Crippen LogP contribution is -2.40. The van der Waals surface area contributed by atoms with Gasteiger partial charge in [-0.3, -0.25) is 0 Å². The number of nitrogens with two attached hydrogens (primary N) is 1. The van der Waals surface area contributed by atoms with Crippen molar-refractivity contribution in [3.05, 3.63) is 23.8 Å². The van der Waals surface area contributed by atoms with Crippen LogP contribution in [0.1, 0.15) is 5.56 Å². The van der Waals surface area contributed by atoms with Crippen molar-refractivity contribution >= 4 is 21.2 Å². The number of hydrogen-bond donors (Lipinski definition) is 1. The summed E-state index contributed by atoms with van der Waals surface area (Å²) in [6.07, 6.45) is 0. The summed E-state index contributed by atoms with van der Waals surface area (Å²) < 4.78 is 22.7. The molecular formula is C11H16N2O2S. The van der Waals surface area contributed by atoms with Gasteiger partial charge in [0, 0.05) is 13.1 Å². The maximum atomic E-state index is 11.3. The topological polar surface area (TPSA) is 63.4 Å². The van der Waals surface area contributed by atoms with Crippen molar-refractivity contribution in [1.29, 1.82) is 0 Å². The molecule has 0 amide bonds. The van der Waals surface area contributed by atoms with Crippen LogP contribution in [-0.2, 0) is 9.84 Å². The van der Waals surface area contributed by atoms with E-state index in [0.717, 1.165) is 16.9 Å². The van der Waals surface area contributed by atoms with Gasteiger partial charge in [0.1, 0.15) is 0 Å². The zero-order valence-corrected chi connectivity index (χ0v) is 10.1. The van der Waals surface area contributed by atoms with Gasteiger partial charge >= 0.3 is 0 Å². The Labute approximate surface area is 96.0 Å². The predicted molar refractivity (Wildman–Crippen MR) is 66.5 cm³/mol. The van der Waals surface area contributed by atoms with E-state index in [-0.39, 0.29) is 11.5 Å². The van der Waals surface area contributed by atoms with E-state index in [1.165, 1.54) is 0 Å². The summed E-state index contributed by atoms with van der Waals surface area (Å²) in [7, 11) is -2.83. The fraction of sp³-hybridized carbons (Fsp3) is 0.455. The number of nitrogen functional groups attached to an aromatic ring is 1. The number of benzene rings is 1. The van der Waals surface area contributed by atoms with Gasteiger partial charge in [0.05, 0.1) is 22.9 Å². The molecule has 2 rings (SSSR count). The van der Waals surface area contributed by atoms with Crippen molar-refractivity contribution in [3.8, 4) is 0 Å². The van der Waals surface area contributed by atoms with E-state index < -0.39 is 9.84 Å². The lowest BCUT2D eigenvalue weighted by molar-refractivity contribution is 0.586. The van der Waals surface area contributed by atoms with Crippen molar-refractivity contribution < 1.29 is 8.42 Å². The van der Waals surface area contributed by atoms with Crippen LogP contribution >= 0.6 is 0 Å². The van der Waals surface area contributed by atoms with Crippen LogP contribution in [0.15, 0.2) is 18.2 Å². The molecule has 1 aliphatic heterocycles. The summed E-state index contributed by atoms with van der Waals surface area (Å²) in [6, 6.07) is 5.76. The first-order valence-electron chi connectivity index (χ1n) is 5.30. The smallest absolute Gasteiger partial charge is 0.153 e. The third-order valence-corrected chi connectivity index (χ3v) is 4.54. The summed E-state index contributed by atoms with van der Waals surface area (Å²) >= 11 is 0. The molecule has 1 saturated heterocycles. The van der Waals surface area contributed by atoms with Gasteiger partial charge in [-0.15, -0.1) is 0 Å². The second-order valence-corrected chi connectivity index (χ2v) is 6.46. The molecule has 0 radical (unpaired) electrons. The summed E-state index contributed by atoms with van der Waals surface area (Å²) in [4.78, 5) is 2.06. The Bertz CT molecular complexity index is 462. The quantitative estimate of drug-likeness (QED) is 0.738. The molecular weight excluding hydrogens is 224 g/mol. The molecule has 0 aliphatic carbocycles. The minimum atomic E-state index is -2.83. The van der Waals surface area contributed by atoms with Crippen LogP contribution in [0.4, 0.5) is 11.4 Å². The van der Waals surface area contributed by atoms with Gasteiger partial charge in [-0.2, -0.15) is 0 Å². The molecule has 1 aromatic carbocycles. The fourth-order valence-corrected chi connectivity index (χ4v) is 3.25. The molecule has 5 heteroatoms. The minimum absolute atomic E-state index is 0.223. The number of rotatable bonds is 1. The van der Waals surface area contributed by atoms with Crippen molar-refractivity contribution in [2.24, 2.45) is 0 Å². The van der Waals surface area contributed by atoms with Gasteiger partial charge in [-0.05, 0) is 18.6 Å². The zero-order chi connectivity index (χ0) is 11.8. The average Bonchev–Trinajstić information content (AvgIpc) is 2.20. The monoisotopic (exact) mass is 240 g/mol. The summed E-state index contributed by atoms with van der Waals surface area (Å²) in [5.41, 5.74) is 8.73. The third-order valence-electron chi connectivity index (χ3n) is 2.93. The highest BCUT2D eigenvalue weighted by molar-refractivity contribution is 7.91. The first kappa shape index (κ1) is 11.3. The summed E-state index contributed by atoms with van der Waals surface area (Å²) in [5, 5.41) is 0. The van der Waals surface area contributed by atoms with Crippen LogP contribution in [-0.4, -0.2) is 33.0 Å². The van der Waals surface area contributed by atoms with E-state index >= 15 is 0 Å². The lowest BCUT2D eigenvalue weighted by atomic mass is 10.1. The van der Waals surface area contributed by atoms with Crippen molar-refractivity contribution in [3.63, 3.8) is 0 Å². The molecule has 0 aromatic heterocycles. The van der Waals surface area contributed by atoms with E-state index in [0.29, 0.717) is 13.1 Å². The molecule has 1 aromatic rings. The molecule has 0 bridgehead atoms. The van der Waals surface area contributed by atoms with Crippen LogP contribution in [0.3, 0.4) is 0 Å². The Morgan fingerprint density at radius 2 is 1.88 bits per heavy atom. The number of aryl methyl sites for hydroxylation is 1. The molecule has 0 saturated carbocycles. The Morgan fingerprint density at radius 1 is 1.25 bits per heavy atom. The zero-order valence-electron chi connectivity index (χ0n) is 9.31.